The van der Waals surface area contributed by atoms with Crippen molar-refractivity contribution in [1.29, 1.82) is 5.26 Å². The topological polar surface area (TPSA) is 72.6 Å². The number of amides is 1. The average molecular weight is 522 g/mol. The highest BCUT2D eigenvalue weighted by Gasteiger charge is 2.33. The molecule has 0 spiro atoms. The van der Waals surface area contributed by atoms with Crippen LogP contribution in [0.5, 0.6) is 0 Å². The van der Waals surface area contributed by atoms with E-state index in [1.54, 1.807) is 16.4 Å². The number of thioether (sulfide) groups is 1. The smallest absolute Gasteiger partial charge is 0.270 e. The third kappa shape index (κ3) is 4.93. The van der Waals surface area contributed by atoms with E-state index in [2.05, 4.69) is 34.9 Å². The summed E-state index contributed by atoms with van der Waals surface area (Å²) in [5.74, 6) is 0.663. The highest BCUT2D eigenvalue weighted by molar-refractivity contribution is 8.26. The maximum atomic E-state index is 13.3. The number of pyridine rings is 1. The van der Waals surface area contributed by atoms with E-state index in [9.17, 15) is 14.9 Å². The molecule has 2 aliphatic heterocycles. The van der Waals surface area contributed by atoms with Crippen molar-refractivity contribution in [2.24, 2.45) is 0 Å². The summed E-state index contributed by atoms with van der Waals surface area (Å²) in [5, 5.41) is 9.79. The zero-order chi connectivity index (χ0) is 25.8. The van der Waals surface area contributed by atoms with Gasteiger partial charge in [0.25, 0.3) is 11.5 Å². The van der Waals surface area contributed by atoms with Gasteiger partial charge in [0, 0.05) is 50.5 Å². The van der Waals surface area contributed by atoms with Gasteiger partial charge in [-0.05, 0) is 44.0 Å². The van der Waals surface area contributed by atoms with Crippen molar-refractivity contribution in [1.82, 2.24) is 9.47 Å². The standard InChI is InChI=1S/C27H31N5O2S2/c1-4-6-12-32-26(34)23(36-27(32)35)17-21-19(3)22(18-28)25(33)31(5-2)24(21)30-15-13-29(14-16-30)20-10-8-7-9-11-20/h7-11,17H,4-6,12-16H2,1-3H3. The lowest BCUT2D eigenvalue weighted by Gasteiger charge is -2.39. The fraction of sp³-hybridized carbons (Fsp3) is 0.407. The molecular formula is C27H31N5O2S2. The Kier molecular flexibility index (Phi) is 8.17. The van der Waals surface area contributed by atoms with E-state index >= 15 is 0 Å². The normalized spacial score (nSPS) is 17.3. The molecule has 0 aliphatic carbocycles. The molecule has 0 unspecified atom stereocenters. The zero-order valence-corrected chi connectivity index (χ0v) is 22.6. The van der Waals surface area contributed by atoms with Crippen molar-refractivity contribution in [2.45, 2.75) is 40.2 Å². The van der Waals surface area contributed by atoms with Crippen LogP contribution in [0.15, 0.2) is 40.0 Å². The molecule has 0 N–H and O–H groups in total. The van der Waals surface area contributed by atoms with Crippen LogP contribution in [0.2, 0.25) is 0 Å². The minimum atomic E-state index is -0.286. The molecule has 0 radical (unpaired) electrons. The second-order valence-electron chi connectivity index (χ2n) is 8.90. The second-order valence-corrected chi connectivity index (χ2v) is 10.6. The summed E-state index contributed by atoms with van der Waals surface area (Å²) < 4.78 is 2.23. The first-order valence-corrected chi connectivity index (χ1v) is 13.6. The van der Waals surface area contributed by atoms with Gasteiger partial charge >= 0.3 is 0 Å². The summed E-state index contributed by atoms with van der Waals surface area (Å²) >= 11 is 6.79. The number of benzene rings is 1. The van der Waals surface area contributed by atoms with Crippen LogP contribution in [-0.4, -0.2) is 52.4 Å². The van der Waals surface area contributed by atoms with Crippen molar-refractivity contribution in [2.75, 3.05) is 42.5 Å². The van der Waals surface area contributed by atoms with Crippen LogP contribution in [-0.2, 0) is 11.3 Å². The number of thiocarbonyl (C=S) groups is 1. The van der Waals surface area contributed by atoms with E-state index < -0.39 is 0 Å². The maximum absolute atomic E-state index is 13.3. The predicted octanol–water partition coefficient (Wildman–Crippen LogP) is 4.38. The minimum Gasteiger partial charge on any atom is -0.368 e. The Morgan fingerprint density at radius 3 is 2.36 bits per heavy atom. The summed E-state index contributed by atoms with van der Waals surface area (Å²) in [6.07, 6.45) is 3.70. The number of unbranched alkanes of at least 4 members (excludes halogenated alkanes) is 1. The number of nitrogens with zero attached hydrogens (tertiary/aromatic N) is 5. The number of rotatable bonds is 7. The number of para-hydroxylation sites is 1. The maximum Gasteiger partial charge on any atom is 0.270 e. The molecule has 36 heavy (non-hydrogen) atoms. The van der Waals surface area contributed by atoms with E-state index in [-0.39, 0.29) is 17.0 Å². The number of carbonyl (C=O) groups is 1. The lowest BCUT2D eigenvalue weighted by Crippen LogP contribution is -2.48. The molecule has 2 saturated heterocycles. The summed E-state index contributed by atoms with van der Waals surface area (Å²) in [6, 6.07) is 12.4. The van der Waals surface area contributed by atoms with Crippen molar-refractivity contribution < 1.29 is 4.79 Å². The molecular weight excluding hydrogens is 490 g/mol. The first-order chi connectivity index (χ1) is 17.4. The van der Waals surface area contributed by atoms with Crippen molar-refractivity contribution in [3.63, 3.8) is 0 Å². The molecule has 0 bridgehead atoms. The molecule has 9 heteroatoms. The van der Waals surface area contributed by atoms with Gasteiger partial charge in [0.1, 0.15) is 21.8 Å². The molecule has 4 rings (SSSR count). The Bertz CT molecular complexity index is 1290. The molecule has 2 aromatic rings. The summed E-state index contributed by atoms with van der Waals surface area (Å²) in [6.45, 7) is 9.88. The van der Waals surface area contributed by atoms with Gasteiger partial charge in [-0.2, -0.15) is 5.26 Å². The number of aromatic nitrogens is 1. The second kappa shape index (κ2) is 11.3. The third-order valence-corrected chi connectivity index (χ3v) is 8.13. The van der Waals surface area contributed by atoms with E-state index in [1.165, 1.54) is 17.4 Å². The lowest BCUT2D eigenvalue weighted by atomic mass is 10.0. The molecule has 3 heterocycles. The SMILES string of the molecule is CCCCN1C(=O)C(=Cc2c(C)c(C#N)c(=O)n(CC)c2N2CCN(c3ccccc3)CC2)SC1=S. The monoisotopic (exact) mass is 521 g/mol. The van der Waals surface area contributed by atoms with Crippen LogP contribution < -0.4 is 15.4 Å². The largest absolute Gasteiger partial charge is 0.368 e. The van der Waals surface area contributed by atoms with Gasteiger partial charge in [0.05, 0.1) is 4.91 Å². The molecule has 2 fully saturated rings. The number of hydrogen-bond acceptors (Lipinski definition) is 7. The van der Waals surface area contributed by atoms with Gasteiger partial charge in [-0.25, -0.2) is 0 Å². The fourth-order valence-corrected chi connectivity index (χ4v) is 6.02. The van der Waals surface area contributed by atoms with E-state index in [4.69, 9.17) is 12.2 Å². The Morgan fingerprint density at radius 2 is 1.75 bits per heavy atom. The van der Waals surface area contributed by atoms with Gasteiger partial charge in [-0.1, -0.05) is 55.5 Å². The zero-order valence-electron chi connectivity index (χ0n) is 21.0. The van der Waals surface area contributed by atoms with E-state index in [1.807, 2.05) is 31.2 Å². The third-order valence-electron chi connectivity index (χ3n) is 6.75. The van der Waals surface area contributed by atoms with Crippen molar-refractivity contribution in [3.8, 4) is 6.07 Å². The van der Waals surface area contributed by atoms with Gasteiger partial charge in [-0.3, -0.25) is 19.1 Å². The van der Waals surface area contributed by atoms with Crippen molar-refractivity contribution in [3.05, 3.63) is 62.3 Å². The summed E-state index contributed by atoms with van der Waals surface area (Å²) in [5.41, 5.74) is 2.36. The molecule has 1 aromatic carbocycles. The van der Waals surface area contributed by atoms with Crippen molar-refractivity contribution >= 4 is 51.8 Å². The number of nitriles is 1. The summed E-state index contributed by atoms with van der Waals surface area (Å²) in [4.78, 5) is 33.2. The predicted molar refractivity (Wildman–Crippen MR) is 151 cm³/mol. The van der Waals surface area contributed by atoms with Gasteiger partial charge in [-0.15, -0.1) is 0 Å². The number of hydrogen-bond donors (Lipinski definition) is 0. The Morgan fingerprint density at radius 1 is 1.08 bits per heavy atom. The van der Waals surface area contributed by atoms with Gasteiger partial charge in [0.15, 0.2) is 0 Å². The van der Waals surface area contributed by atoms with Crippen LogP contribution in [0, 0.1) is 18.3 Å². The molecule has 7 nitrogen and oxygen atoms in total. The molecule has 0 saturated carbocycles. The minimum absolute atomic E-state index is 0.106. The molecule has 0 atom stereocenters. The molecule has 1 aromatic heterocycles. The van der Waals surface area contributed by atoms with Crippen LogP contribution in [0.3, 0.4) is 0 Å². The van der Waals surface area contributed by atoms with E-state index in [0.29, 0.717) is 27.9 Å². The van der Waals surface area contributed by atoms with Gasteiger partial charge < -0.3 is 9.80 Å². The average Bonchev–Trinajstić information content (AvgIpc) is 3.16. The Labute approximate surface area is 222 Å². The molecule has 2 aliphatic rings. The lowest BCUT2D eigenvalue weighted by molar-refractivity contribution is -0.122. The fourth-order valence-electron chi connectivity index (χ4n) is 4.73. The molecule has 188 valence electrons. The quantitative estimate of drug-likeness (QED) is 0.396. The molecule has 1 amide bonds. The first kappa shape index (κ1) is 26.0. The number of piperazine rings is 1. The number of carbonyl (C=O) groups excluding carboxylic acids is 1. The van der Waals surface area contributed by atoms with E-state index in [0.717, 1.165) is 50.4 Å². The number of anilines is 2. The van der Waals surface area contributed by atoms with Gasteiger partial charge in [0.2, 0.25) is 0 Å². The Balaban J connectivity index is 1.75. The summed E-state index contributed by atoms with van der Waals surface area (Å²) in [7, 11) is 0. The highest BCUT2D eigenvalue weighted by atomic mass is 32.2. The first-order valence-electron chi connectivity index (χ1n) is 12.4. The highest BCUT2D eigenvalue weighted by Crippen LogP contribution is 2.36. The van der Waals surface area contributed by atoms with Crippen LogP contribution in [0.1, 0.15) is 43.4 Å². The van der Waals surface area contributed by atoms with Crippen LogP contribution in [0.25, 0.3) is 6.08 Å². The van der Waals surface area contributed by atoms with Crippen LogP contribution in [0.4, 0.5) is 11.5 Å². The Hall–Kier alpha value is -3.09. The van der Waals surface area contributed by atoms with Crippen LogP contribution >= 0.6 is 24.0 Å².